The molecular weight excluding hydrogens is 196 g/mol. The minimum atomic E-state index is -0.185. The van der Waals surface area contributed by atoms with E-state index in [0.29, 0.717) is 5.92 Å². The molecule has 0 heterocycles. The van der Waals surface area contributed by atoms with Crippen LogP contribution in [-0.4, -0.2) is 11.2 Å². The number of aliphatic hydroxyl groups excluding tert-OH is 1. The van der Waals surface area contributed by atoms with Crippen molar-refractivity contribution >= 4 is 0 Å². The maximum absolute atomic E-state index is 9.76. The van der Waals surface area contributed by atoms with Crippen LogP contribution in [-0.2, 0) is 0 Å². The van der Waals surface area contributed by atoms with Crippen LogP contribution in [0.1, 0.15) is 47.0 Å². The number of rotatable bonds is 7. The van der Waals surface area contributed by atoms with E-state index in [1.165, 1.54) is 11.1 Å². The van der Waals surface area contributed by atoms with Gasteiger partial charge in [0.2, 0.25) is 0 Å². The van der Waals surface area contributed by atoms with E-state index in [1.807, 2.05) is 6.08 Å². The maximum atomic E-state index is 9.76. The Balaban J connectivity index is 4.10. The van der Waals surface area contributed by atoms with E-state index >= 15 is 0 Å². The topological polar surface area (TPSA) is 20.2 Å². The van der Waals surface area contributed by atoms with Gasteiger partial charge in [-0.2, -0.15) is 0 Å². The molecule has 0 bridgehead atoms. The quantitative estimate of drug-likeness (QED) is 0.638. The van der Waals surface area contributed by atoms with Crippen LogP contribution in [0.5, 0.6) is 0 Å². The first-order valence-electron chi connectivity index (χ1n) is 6.10. The van der Waals surface area contributed by atoms with Gasteiger partial charge in [-0.1, -0.05) is 44.2 Å². The third-order valence-electron chi connectivity index (χ3n) is 2.40. The van der Waals surface area contributed by atoms with Gasteiger partial charge in [-0.05, 0) is 44.6 Å². The van der Waals surface area contributed by atoms with Crippen molar-refractivity contribution in [3.63, 3.8) is 0 Å². The highest BCUT2D eigenvalue weighted by atomic mass is 16.3. The lowest BCUT2D eigenvalue weighted by Crippen LogP contribution is -2.09. The van der Waals surface area contributed by atoms with Crippen molar-refractivity contribution in [3.8, 4) is 0 Å². The minimum Gasteiger partial charge on any atom is -0.393 e. The van der Waals surface area contributed by atoms with Crippen LogP contribution in [0.4, 0.5) is 0 Å². The Morgan fingerprint density at radius 1 is 1.25 bits per heavy atom. The van der Waals surface area contributed by atoms with Gasteiger partial charge in [0, 0.05) is 0 Å². The Kier molecular flexibility index (Phi) is 7.92. The number of hydrogen-bond acceptors (Lipinski definition) is 1. The lowest BCUT2D eigenvalue weighted by molar-refractivity contribution is 0.140. The third-order valence-corrected chi connectivity index (χ3v) is 2.40. The van der Waals surface area contributed by atoms with E-state index in [0.717, 1.165) is 19.3 Å². The molecule has 0 amide bonds. The summed E-state index contributed by atoms with van der Waals surface area (Å²) in [5.41, 5.74) is 2.48. The second kappa shape index (κ2) is 8.35. The van der Waals surface area contributed by atoms with Crippen molar-refractivity contribution in [3.05, 3.63) is 36.0 Å². The van der Waals surface area contributed by atoms with E-state index in [4.69, 9.17) is 0 Å². The van der Waals surface area contributed by atoms with Crippen molar-refractivity contribution in [2.75, 3.05) is 0 Å². The molecule has 0 radical (unpaired) electrons. The number of aliphatic hydroxyl groups is 1. The molecule has 1 N–H and O–H groups in total. The number of allylic oxidation sites excluding steroid dienone is 5. The average molecular weight is 222 g/mol. The van der Waals surface area contributed by atoms with Gasteiger partial charge < -0.3 is 5.11 Å². The highest BCUT2D eigenvalue weighted by Gasteiger charge is 2.06. The maximum Gasteiger partial charge on any atom is 0.0545 e. The summed E-state index contributed by atoms with van der Waals surface area (Å²) < 4.78 is 0. The SMILES string of the molecule is C=CC(=CC=C(C)C)CCC(O)CC(C)C. The summed E-state index contributed by atoms with van der Waals surface area (Å²) in [6.45, 7) is 12.2. The first-order valence-corrected chi connectivity index (χ1v) is 6.10. The van der Waals surface area contributed by atoms with Crippen LogP contribution in [0.25, 0.3) is 0 Å². The molecule has 0 aliphatic rings. The lowest BCUT2D eigenvalue weighted by atomic mass is 9.99. The highest BCUT2D eigenvalue weighted by Crippen LogP contribution is 2.14. The second-order valence-corrected chi connectivity index (χ2v) is 5.01. The molecule has 0 spiro atoms. The molecular formula is C15H26O. The molecule has 0 saturated heterocycles. The van der Waals surface area contributed by atoms with E-state index in [2.05, 4.69) is 46.4 Å². The summed E-state index contributed by atoms with van der Waals surface area (Å²) in [6, 6.07) is 0. The largest absolute Gasteiger partial charge is 0.393 e. The molecule has 1 heteroatoms. The summed E-state index contributed by atoms with van der Waals surface area (Å²) >= 11 is 0. The third kappa shape index (κ3) is 8.49. The Morgan fingerprint density at radius 3 is 2.31 bits per heavy atom. The summed E-state index contributed by atoms with van der Waals surface area (Å²) in [5.74, 6) is 0.559. The van der Waals surface area contributed by atoms with Crippen molar-refractivity contribution < 1.29 is 5.11 Å². The lowest BCUT2D eigenvalue weighted by Gasteiger charge is -2.12. The zero-order valence-corrected chi connectivity index (χ0v) is 11.2. The van der Waals surface area contributed by atoms with Gasteiger partial charge in [-0.15, -0.1) is 0 Å². The molecule has 92 valence electrons. The van der Waals surface area contributed by atoms with Crippen molar-refractivity contribution in [2.45, 2.75) is 53.1 Å². The predicted molar refractivity (Wildman–Crippen MR) is 72.4 cm³/mol. The van der Waals surface area contributed by atoms with Crippen molar-refractivity contribution in [1.29, 1.82) is 0 Å². The molecule has 1 unspecified atom stereocenters. The van der Waals surface area contributed by atoms with Gasteiger partial charge in [0.05, 0.1) is 6.10 Å². The van der Waals surface area contributed by atoms with Crippen LogP contribution >= 0.6 is 0 Å². The van der Waals surface area contributed by atoms with E-state index < -0.39 is 0 Å². The summed E-state index contributed by atoms with van der Waals surface area (Å²) in [4.78, 5) is 0. The first kappa shape index (κ1) is 15.2. The second-order valence-electron chi connectivity index (χ2n) is 5.01. The number of hydrogen-bond donors (Lipinski definition) is 1. The molecule has 0 saturated carbocycles. The van der Waals surface area contributed by atoms with Gasteiger partial charge in [0.15, 0.2) is 0 Å². The van der Waals surface area contributed by atoms with Crippen LogP contribution in [0.2, 0.25) is 0 Å². The summed E-state index contributed by atoms with van der Waals surface area (Å²) in [5, 5.41) is 9.76. The Bertz CT molecular complexity index is 255. The summed E-state index contributed by atoms with van der Waals surface area (Å²) in [6.07, 6.45) is 8.48. The van der Waals surface area contributed by atoms with Gasteiger partial charge >= 0.3 is 0 Å². The van der Waals surface area contributed by atoms with Gasteiger partial charge in [0.25, 0.3) is 0 Å². The molecule has 1 atom stereocenters. The molecule has 0 aliphatic carbocycles. The molecule has 0 aromatic rings. The van der Waals surface area contributed by atoms with Gasteiger partial charge in [0.1, 0.15) is 0 Å². The smallest absolute Gasteiger partial charge is 0.0545 e. The first-order chi connectivity index (χ1) is 7.45. The fourth-order valence-corrected chi connectivity index (χ4v) is 1.52. The van der Waals surface area contributed by atoms with Gasteiger partial charge in [-0.3, -0.25) is 0 Å². The molecule has 0 fully saturated rings. The Hall–Kier alpha value is -0.820. The minimum absolute atomic E-state index is 0.185. The van der Waals surface area contributed by atoms with Crippen LogP contribution in [0, 0.1) is 5.92 Å². The Labute approximate surface area is 101 Å². The molecule has 0 rings (SSSR count). The van der Waals surface area contributed by atoms with E-state index in [9.17, 15) is 5.11 Å². The molecule has 0 aliphatic heterocycles. The fraction of sp³-hybridized carbons (Fsp3) is 0.600. The summed E-state index contributed by atoms with van der Waals surface area (Å²) in [7, 11) is 0. The molecule has 16 heavy (non-hydrogen) atoms. The highest BCUT2D eigenvalue weighted by molar-refractivity contribution is 5.23. The molecule has 0 aromatic heterocycles. The van der Waals surface area contributed by atoms with Crippen molar-refractivity contribution in [1.82, 2.24) is 0 Å². The zero-order chi connectivity index (χ0) is 12.6. The van der Waals surface area contributed by atoms with Crippen molar-refractivity contribution in [2.24, 2.45) is 5.92 Å². The molecule has 0 aromatic carbocycles. The fourth-order valence-electron chi connectivity index (χ4n) is 1.52. The zero-order valence-electron chi connectivity index (χ0n) is 11.2. The standard InChI is InChI=1S/C15H26O/c1-6-14(8-7-12(2)3)9-10-15(16)11-13(4)5/h6-8,13,15-16H,1,9-11H2,2-5H3. The van der Waals surface area contributed by atoms with Crippen LogP contribution in [0.3, 0.4) is 0 Å². The monoisotopic (exact) mass is 222 g/mol. The molecule has 1 nitrogen and oxygen atoms in total. The van der Waals surface area contributed by atoms with Crippen LogP contribution in [0.15, 0.2) is 36.0 Å². The average Bonchev–Trinajstić information content (AvgIpc) is 2.16. The van der Waals surface area contributed by atoms with E-state index in [1.54, 1.807) is 0 Å². The van der Waals surface area contributed by atoms with Crippen LogP contribution < -0.4 is 0 Å². The van der Waals surface area contributed by atoms with E-state index in [-0.39, 0.29) is 6.10 Å². The normalized spacial score (nSPS) is 13.8. The predicted octanol–water partition coefficient (Wildman–Crippen LogP) is 4.25. The Morgan fingerprint density at radius 2 is 1.88 bits per heavy atom. The van der Waals surface area contributed by atoms with Gasteiger partial charge in [-0.25, -0.2) is 0 Å².